The van der Waals surface area contributed by atoms with Gasteiger partial charge in [-0.25, -0.2) is 4.98 Å². The van der Waals surface area contributed by atoms with Crippen LogP contribution in [0.15, 0.2) is 40.9 Å². The second-order valence-corrected chi connectivity index (χ2v) is 5.39. The number of carbonyl (C=O) groups is 1. The summed E-state index contributed by atoms with van der Waals surface area (Å²) in [4.78, 5) is 15.9. The van der Waals surface area contributed by atoms with Gasteiger partial charge in [0.1, 0.15) is 17.3 Å². The molecule has 2 aromatic heterocycles. The summed E-state index contributed by atoms with van der Waals surface area (Å²) >= 11 is 0. The van der Waals surface area contributed by atoms with E-state index in [4.69, 9.17) is 4.42 Å². The Hall–Kier alpha value is -2.10. The average Bonchev–Trinajstić information content (AvgIpc) is 3.01. The lowest BCUT2D eigenvalue weighted by atomic mass is 10.2. The van der Waals surface area contributed by atoms with Gasteiger partial charge in [-0.2, -0.15) is 0 Å². The molecule has 1 N–H and O–H groups in total. The fourth-order valence-electron chi connectivity index (χ4n) is 2.33. The second kappa shape index (κ2) is 5.49. The highest BCUT2D eigenvalue weighted by molar-refractivity contribution is 5.89. The van der Waals surface area contributed by atoms with E-state index >= 15 is 0 Å². The van der Waals surface area contributed by atoms with Crippen LogP contribution in [0.1, 0.15) is 37.2 Å². The Balaban J connectivity index is 1.49. The lowest BCUT2D eigenvalue weighted by molar-refractivity contribution is -0.116. The molecular weight excluding hydrogens is 252 g/mol. The molecule has 1 aliphatic rings. The molecular formula is C16H18N2O2. The van der Waals surface area contributed by atoms with E-state index in [9.17, 15) is 4.79 Å². The maximum Gasteiger partial charge on any atom is 0.225 e. The molecule has 2 aromatic rings. The van der Waals surface area contributed by atoms with E-state index in [1.54, 1.807) is 12.3 Å². The topological polar surface area (TPSA) is 55.1 Å². The lowest BCUT2D eigenvalue weighted by Crippen LogP contribution is -2.12. The van der Waals surface area contributed by atoms with Gasteiger partial charge in [-0.3, -0.25) is 4.79 Å². The zero-order chi connectivity index (χ0) is 13.9. The van der Waals surface area contributed by atoms with Gasteiger partial charge in [0.15, 0.2) is 0 Å². The molecule has 0 radical (unpaired) electrons. The van der Waals surface area contributed by atoms with Crippen LogP contribution in [0.4, 0.5) is 5.82 Å². The Bertz CT molecular complexity index is 592. The molecule has 1 amide bonds. The van der Waals surface area contributed by atoms with Crippen LogP contribution in [0.3, 0.4) is 0 Å². The number of rotatable bonds is 5. The van der Waals surface area contributed by atoms with Crippen molar-refractivity contribution in [3.63, 3.8) is 0 Å². The normalized spacial score (nSPS) is 20.6. The third-order valence-electron chi connectivity index (χ3n) is 3.69. The van der Waals surface area contributed by atoms with Gasteiger partial charge in [0, 0.05) is 25.0 Å². The Kier molecular flexibility index (Phi) is 3.54. The van der Waals surface area contributed by atoms with E-state index in [1.807, 2.05) is 24.3 Å². The maximum atomic E-state index is 11.8. The molecule has 2 atom stereocenters. The molecule has 1 saturated carbocycles. The highest BCUT2D eigenvalue weighted by Gasteiger charge is 2.36. The number of nitrogens with zero attached hydrogens (tertiary/aromatic N) is 1. The van der Waals surface area contributed by atoms with Crippen molar-refractivity contribution in [1.82, 2.24) is 4.98 Å². The quantitative estimate of drug-likeness (QED) is 0.906. The number of hydrogen-bond donors (Lipinski definition) is 1. The van der Waals surface area contributed by atoms with Gasteiger partial charge < -0.3 is 9.73 Å². The Morgan fingerprint density at radius 3 is 2.95 bits per heavy atom. The summed E-state index contributed by atoms with van der Waals surface area (Å²) in [5.41, 5.74) is 0. The fraction of sp³-hybridized carbons (Fsp3) is 0.375. The van der Waals surface area contributed by atoms with Crippen LogP contribution in [-0.2, 0) is 11.2 Å². The minimum absolute atomic E-state index is 0.0403. The molecule has 0 bridgehead atoms. The summed E-state index contributed by atoms with van der Waals surface area (Å²) in [5.74, 6) is 3.83. The first-order valence-corrected chi connectivity index (χ1v) is 7.02. The first kappa shape index (κ1) is 12.9. The summed E-state index contributed by atoms with van der Waals surface area (Å²) in [5, 5.41) is 2.77. The van der Waals surface area contributed by atoms with Crippen LogP contribution in [0.25, 0.3) is 0 Å². The fourth-order valence-corrected chi connectivity index (χ4v) is 2.33. The Morgan fingerprint density at radius 1 is 1.40 bits per heavy atom. The molecule has 0 unspecified atom stereocenters. The van der Waals surface area contributed by atoms with Crippen LogP contribution in [0, 0.1) is 5.92 Å². The lowest BCUT2D eigenvalue weighted by Gasteiger charge is -2.02. The number of aromatic nitrogens is 1. The molecule has 0 spiro atoms. The first-order valence-electron chi connectivity index (χ1n) is 7.02. The zero-order valence-electron chi connectivity index (χ0n) is 11.5. The highest BCUT2D eigenvalue weighted by atomic mass is 16.3. The van der Waals surface area contributed by atoms with Crippen LogP contribution in [-0.4, -0.2) is 10.9 Å². The van der Waals surface area contributed by atoms with Gasteiger partial charge in [-0.15, -0.1) is 0 Å². The predicted octanol–water partition coefficient (Wildman–Crippen LogP) is 3.37. The van der Waals surface area contributed by atoms with Crippen LogP contribution in [0.5, 0.6) is 0 Å². The van der Waals surface area contributed by atoms with Crippen molar-refractivity contribution >= 4 is 11.7 Å². The van der Waals surface area contributed by atoms with E-state index in [2.05, 4.69) is 17.2 Å². The number of carbonyl (C=O) groups excluding carboxylic acids is 1. The van der Waals surface area contributed by atoms with E-state index < -0.39 is 0 Å². The van der Waals surface area contributed by atoms with E-state index in [-0.39, 0.29) is 5.91 Å². The van der Waals surface area contributed by atoms with Crippen molar-refractivity contribution in [1.29, 1.82) is 0 Å². The monoisotopic (exact) mass is 270 g/mol. The number of anilines is 1. The van der Waals surface area contributed by atoms with E-state index in [1.165, 1.54) is 6.42 Å². The van der Waals surface area contributed by atoms with Gasteiger partial charge in [0.05, 0.1) is 0 Å². The summed E-state index contributed by atoms with van der Waals surface area (Å²) in [6.45, 7) is 2.23. The van der Waals surface area contributed by atoms with Crippen LogP contribution >= 0.6 is 0 Å². The minimum Gasteiger partial charge on any atom is -0.466 e. The maximum absolute atomic E-state index is 11.8. The third-order valence-corrected chi connectivity index (χ3v) is 3.69. The molecule has 0 aromatic carbocycles. The SMILES string of the molecule is C[C@H]1C[C@@H]1c1ccc(CCC(=O)Nc2ccccn2)o1. The molecule has 2 heterocycles. The number of furan rings is 1. The summed E-state index contributed by atoms with van der Waals surface area (Å²) < 4.78 is 5.78. The smallest absolute Gasteiger partial charge is 0.225 e. The van der Waals surface area contributed by atoms with Crippen molar-refractivity contribution in [2.24, 2.45) is 5.92 Å². The molecule has 20 heavy (non-hydrogen) atoms. The van der Waals surface area contributed by atoms with Crippen molar-refractivity contribution in [2.75, 3.05) is 5.32 Å². The zero-order valence-corrected chi connectivity index (χ0v) is 11.5. The molecule has 1 aliphatic carbocycles. The van der Waals surface area contributed by atoms with Gasteiger partial charge in [-0.1, -0.05) is 13.0 Å². The van der Waals surface area contributed by atoms with Crippen molar-refractivity contribution in [3.05, 3.63) is 48.0 Å². The summed E-state index contributed by atoms with van der Waals surface area (Å²) in [7, 11) is 0. The molecule has 0 saturated heterocycles. The second-order valence-electron chi connectivity index (χ2n) is 5.39. The average molecular weight is 270 g/mol. The minimum atomic E-state index is -0.0403. The summed E-state index contributed by atoms with van der Waals surface area (Å²) in [6, 6.07) is 9.46. The van der Waals surface area contributed by atoms with Crippen LogP contribution in [0.2, 0.25) is 0 Å². The van der Waals surface area contributed by atoms with Crippen LogP contribution < -0.4 is 5.32 Å². The van der Waals surface area contributed by atoms with E-state index in [0.717, 1.165) is 17.4 Å². The predicted molar refractivity (Wildman–Crippen MR) is 76.4 cm³/mol. The Morgan fingerprint density at radius 2 is 2.25 bits per heavy atom. The number of amides is 1. The van der Waals surface area contributed by atoms with Crippen molar-refractivity contribution in [3.8, 4) is 0 Å². The Labute approximate surface area is 118 Å². The number of pyridine rings is 1. The van der Waals surface area contributed by atoms with Crippen molar-refractivity contribution < 1.29 is 9.21 Å². The molecule has 104 valence electrons. The van der Waals surface area contributed by atoms with E-state index in [0.29, 0.717) is 24.6 Å². The number of hydrogen-bond acceptors (Lipinski definition) is 3. The third kappa shape index (κ3) is 3.07. The summed E-state index contributed by atoms with van der Waals surface area (Å²) in [6.07, 6.45) is 3.90. The highest BCUT2D eigenvalue weighted by Crippen LogP contribution is 2.47. The molecule has 3 rings (SSSR count). The first-order chi connectivity index (χ1) is 9.72. The number of nitrogens with one attached hydrogen (secondary N) is 1. The number of aryl methyl sites for hydroxylation is 1. The largest absolute Gasteiger partial charge is 0.466 e. The van der Waals surface area contributed by atoms with Gasteiger partial charge in [-0.05, 0) is 36.6 Å². The van der Waals surface area contributed by atoms with Crippen molar-refractivity contribution in [2.45, 2.75) is 32.1 Å². The van der Waals surface area contributed by atoms with Gasteiger partial charge in [0.25, 0.3) is 0 Å². The molecule has 4 nitrogen and oxygen atoms in total. The molecule has 1 fully saturated rings. The standard InChI is InChI=1S/C16H18N2O2/c1-11-10-13(11)14-7-5-12(20-14)6-8-16(19)18-15-4-2-3-9-17-15/h2-5,7,9,11,13H,6,8,10H2,1H3,(H,17,18,19)/t11-,13-/m0/s1. The molecule has 4 heteroatoms. The molecule has 0 aliphatic heterocycles. The van der Waals surface area contributed by atoms with Gasteiger partial charge in [0.2, 0.25) is 5.91 Å². The van der Waals surface area contributed by atoms with Gasteiger partial charge >= 0.3 is 0 Å².